The van der Waals surface area contributed by atoms with Crippen LogP contribution in [-0.4, -0.2) is 28.6 Å². The van der Waals surface area contributed by atoms with E-state index in [4.69, 9.17) is 23.2 Å². The van der Waals surface area contributed by atoms with Crippen molar-refractivity contribution in [2.24, 2.45) is 0 Å². The van der Waals surface area contributed by atoms with E-state index in [0.29, 0.717) is 10.7 Å². The molecule has 0 aliphatic carbocycles. The van der Waals surface area contributed by atoms with Gasteiger partial charge in [0.2, 0.25) is 0 Å². The summed E-state index contributed by atoms with van der Waals surface area (Å²) in [6.07, 6.45) is 1.39. The van der Waals surface area contributed by atoms with E-state index in [1.54, 1.807) is 12.1 Å². The monoisotopic (exact) mass is 369 g/mol. The smallest absolute Gasteiger partial charge is 0.261 e. The maximum atomic E-state index is 12.4. The first-order chi connectivity index (χ1) is 11.0. The number of nitrogens with one attached hydrogen (secondary N) is 1. The lowest BCUT2D eigenvalue weighted by Gasteiger charge is -2.11. The Bertz CT molecular complexity index is 928. The lowest BCUT2D eigenvalue weighted by Crippen LogP contribution is -2.13. The molecule has 0 fully saturated rings. The molecule has 0 atom stereocenters. The maximum Gasteiger partial charge on any atom is 0.261 e. The average molecular weight is 370 g/mol. The van der Waals surface area contributed by atoms with Crippen molar-refractivity contribution in [3.8, 4) is 5.69 Å². The fourth-order valence-corrected chi connectivity index (χ4v) is 3.25. The Labute approximate surface area is 141 Å². The van der Waals surface area contributed by atoms with Gasteiger partial charge in [0.1, 0.15) is 6.33 Å². The zero-order valence-corrected chi connectivity index (χ0v) is 13.7. The van der Waals surface area contributed by atoms with Crippen LogP contribution >= 0.6 is 23.2 Å². The highest BCUT2D eigenvalue weighted by Gasteiger charge is 2.16. The van der Waals surface area contributed by atoms with Crippen molar-refractivity contribution in [1.82, 2.24) is 20.2 Å². The van der Waals surface area contributed by atoms with Crippen molar-refractivity contribution in [2.75, 3.05) is 4.72 Å². The van der Waals surface area contributed by atoms with Crippen LogP contribution in [0.3, 0.4) is 0 Å². The predicted octanol–water partition coefficient (Wildman–Crippen LogP) is 2.77. The van der Waals surface area contributed by atoms with Crippen molar-refractivity contribution >= 4 is 38.9 Å². The number of aromatic nitrogens is 4. The molecule has 0 saturated heterocycles. The Morgan fingerprint density at radius 2 is 1.78 bits per heavy atom. The Kier molecular flexibility index (Phi) is 4.20. The third kappa shape index (κ3) is 3.44. The Hall–Kier alpha value is -2.16. The molecular formula is C13H9Cl2N5O2S. The molecule has 0 aliphatic heterocycles. The second-order valence-electron chi connectivity index (χ2n) is 4.48. The zero-order valence-electron chi connectivity index (χ0n) is 11.4. The maximum absolute atomic E-state index is 12.4. The van der Waals surface area contributed by atoms with Crippen molar-refractivity contribution < 1.29 is 8.42 Å². The molecule has 23 heavy (non-hydrogen) atoms. The number of tetrazole rings is 1. The first-order valence-electron chi connectivity index (χ1n) is 6.27. The lowest BCUT2D eigenvalue weighted by atomic mass is 10.3. The fraction of sp³-hybridized carbons (Fsp3) is 0. The quantitative estimate of drug-likeness (QED) is 0.763. The van der Waals surface area contributed by atoms with Gasteiger partial charge in [-0.3, -0.25) is 4.72 Å². The highest BCUT2D eigenvalue weighted by Crippen LogP contribution is 2.27. The van der Waals surface area contributed by atoms with Crippen LogP contribution in [0.1, 0.15) is 0 Å². The molecule has 0 spiro atoms. The molecule has 1 N–H and O–H groups in total. The topological polar surface area (TPSA) is 89.8 Å². The number of rotatable bonds is 4. The van der Waals surface area contributed by atoms with Crippen LogP contribution in [-0.2, 0) is 10.0 Å². The zero-order chi connectivity index (χ0) is 16.4. The largest absolute Gasteiger partial charge is 0.278 e. The van der Waals surface area contributed by atoms with Gasteiger partial charge in [-0.15, -0.1) is 5.10 Å². The Morgan fingerprint density at radius 3 is 2.43 bits per heavy atom. The summed E-state index contributed by atoms with van der Waals surface area (Å²) in [6.45, 7) is 0. The molecule has 10 heteroatoms. The van der Waals surface area contributed by atoms with E-state index in [0.717, 1.165) is 0 Å². The Balaban J connectivity index is 1.96. The first-order valence-corrected chi connectivity index (χ1v) is 8.51. The van der Waals surface area contributed by atoms with Gasteiger partial charge in [-0.1, -0.05) is 23.2 Å². The van der Waals surface area contributed by atoms with Crippen LogP contribution in [0.25, 0.3) is 5.69 Å². The summed E-state index contributed by atoms with van der Waals surface area (Å²) in [5.41, 5.74) is 0.780. The molecule has 7 nitrogen and oxygen atoms in total. The normalized spacial score (nSPS) is 11.4. The van der Waals surface area contributed by atoms with Crippen LogP contribution in [0.2, 0.25) is 10.0 Å². The van der Waals surface area contributed by atoms with Crippen LogP contribution in [0.5, 0.6) is 0 Å². The molecule has 1 aromatic heterocycles. The van der Waals surface area contributed by atoms with E-state index in [9.17, 15) is 8.42 Å². The average Bonchev–Trinajstić information content (AvgIpc) is 3.04. The van der Waals surface area contributed by atoms with Gasteiger partial charge in [0, 0.05) is 5.02 Å². The summed E-state index contributed by atoms with van der Waals surface area (Å²) in [4.78, 5) is 0.0748. The molecule has 0 unspecified atom stereocenters. The molecule has 2 aromatic carbocycles. The van der Waals surface area contributed by atoms with Crippen LogP contribution in [0.15, 0.2) is 53.7 Å². The van der Waals surface area contributed by atoms with Gasteiger partial charge in [0.25, 0.3) is 10.0 Å². The van der Waals surface area contributed by atoms with Gasteiger partial charge in [0.05, 0.1) is 21.3 Å². The lowest BCUT2D eigenvalue weighted by molar-refractivity contribution is 0.601. The number of benzene rings is 2. The minimum atomic E-state index is -3.79. The van der Waals surface area contributed by atoms with Gasteiger partial charge < -0.3 is 0 Å². The second kappa shape index (κ2) is 6.15. The van der Waals surface area contributed by atoms with E-state index in [1.165, 1.54) is 41.3 Å². The van der Waals surface area contributed by atoms with E-state index in [1.807, 2.05) is 0 Å². The molecule has 118 valence electrons. The van der Waals surface area contributed by atoms with Crippen molar-refractivity contribution in [2.45, 2.75) is 4.90 Å². The summed E-state index contributed by atoms with van der Waals surface area (Å²) in [6, 6.07) is 10.6. The molecule has 0 radical (unpaired) electrons. The molecule has 0 amide bonds. The highest BCUT2D eigenvalue weighted by molar-refractivity contribution is 7.92. The van der Waals surface area contributed by atoms with E-state index in [-0.39, 0.29) is 15.6 Å². The number of anilines is 1. The number of hydrogen-bond donors (Lipinski definition) is 1. The molecule has 1 heterocycles. The molecule has 0 aliphatic rings. The summed E-state index contributed by atoms with van der Waals surface area (Å²) in [5.74, 6) is 0. The molecule has 0 saturated carbocycles. The van der Waals surface area contributed by atoms with Gasteiger partial charge in [0.15, 0.2) is 0 Å². The van der Waals surface area contributed by atoms with Gasteiger partial charge in [-0.2, -0.15) is 0 Å². The number of sulfonamides is 1. The predicted molar refractivity (Wildman–Crippen MR) is 86.4 cm³/mol. The summed E-state index contributed by atoms with van der Waals surface area (Å²) in [7, 11) is -3.79. The fourth-order valence-electron chi connectivity index (χ4n) is 1.83. The number of halogens is 2. The van der Waals surface area contributed by atoms with E-state index in [2.05, 4.69) is 20.2 Å². The van der Waals surface area contributed by atoms with Crippen molar-refractivity contribution in [3.05, 3.63) is 58.8 Å². The minimum Gasteiger partial charge on any atom is -0.278 e. The third-order valence-electron chi connectivity index (χ3n) is 2.93. The van der Waals surface area contributed by atoms with Crippen LogP contribution in [0.4, 0.5) is 5.69 Å². The van der Waals surface area contributed by atoms with Gasteiger partial charge >= 0.3 is 0 Å². The molecule has 0 bridgehead atoms. The Morgan fingerprint density at radius 1 is 1.04 bits per heavy atom. The molecule has 3 aromatic rings. The molecule has 3 rings (SSSR count). The van der Waals surface area contributed by atoms with E-state index >= 15 is 0 Å². The van der Waals surface area contributed by atoms with Gasteiger partial charge in [-0.25, -0.2) is 13.1 Å². The molecular weight excluding hydrogens is 361 g/mol. The third-order valence-corrected chi connectivity index (χ3v) is 4.89. The number of hydrogen-bond acceptors (Lipinski definition) is 5. The van der Waals surface area contributed by atoms with Crippen LogP contribution in [0, 0.1) is 0 Å². The summed E-state index contributed by atoms with van der Waals surface area (Å²) in [5, 5.41) is 11.5. The van der Waals surface area contributed by atoms with Crippen LogP contribution < -0.4 is 4.72 Å². The second-order valence-corrected chi connectivity index (χ2v) is 7.00. The van der Waals surface area contributed by atoms with Crippen molar-refractivity contribution in [3.63, 3.8) is 0 Å². The SMILES string of the molecule is O=S(=O)(Nc1cc(-n2cnnn2)ccc1Cl)c1ccc(Cl)cc1. The van der Waals surface area contributed by atoms with Crippen molar-refractivity contribution in [1.29, 1.82) is 0 Å². The summed E-state index contributed by atoms with van der Waals surface area (Å²) < 4.78 is 28.6. The summed E-state index contributed by atoms with van der Waals surface area (Å²) >= 11 is 11.8. The number of nitrogens with zero attached hydrogens (tertiary/aromatic N) is 4. The highest BCUT2D eigenvalue weighted by atomic mass is 35.5. The minimum absolute atomic E-state index is 0.0748. The van der Waals surface area contributed by atoms with E-state index < -0.39 is 10.0 Å². The van der Waals surface area contributed by atoms with Gasteiger partial charge in [-0.05, 0) is 52.9 Å². The first kappa shape index (κ1) is 15.7. The standard InChI is InChI=1S/C13H9Cl2N5O2S/c14-9-1-4-11(5-2-9)23(21,22)17-13-7-10(3-6-12(13)15)20-8-16-18-19-20/h1-8,17H.